The number of carbonyl (C=O) groups is 1. The summed E-state index contributed by atoms with van der Waals surface area (Å²) < 4.78 is 1.55. The molecular formula is C13H11N3OS. The van der Waals surface area contributed by atoms with Crippen molar-refractivity contribution in [3.05, 3.63) is 46.4 Å². The Hall–Kier alpha value is -2.14. The predicted octanol–water partition coefficient (Wildman–Crippen LogP) is 2.68. The van der Waals surface area contributed by atoms with Crippen LogP contribution in [0.25, 0.3) is 11.0 Å². The van der Waals surface area contributed by atoms with E-state index in [1.54, 1.807) is 10.6 Å². The Labute approximate surface area is 108 Å². The molecule has 0 bridgehead atoms. The monoisotopic (exact) mass is 257 g/mol. The molecule has 0 unspecified atom stereocenters. The largest absolute Gasteiger partial charge is 0.397 e. The van der Waals surface area contributed by atoms with Crippen LogP contribution < -0.4 is 5.73 Å². The molecule has 0 fully saturated rings. The second-order valence-electron chi connectivity index (χ2n) is 4.07. The summed E-state index contributed by atoms with van der Waals surface area (Å²) >= 11 is 1.44. The Balaban J connectivity index is 2.19. The van der Waals surface area contributed by atoms with Gasteiger partial charge in [0.05, 0.1) is 16.1 Å². The van der Waals surface area contributed by atoms with Gasteiger partial charge in [-0.15, -0.1) is 11.3 Å². The lowest BCUT2D eigenvalue weighted by molar-refractivity contribution is 0.0968. The Bertz CT molecular complexity index is 742. The summed E-state index contributed by atoms with van der Waals surface area (Å²) in [7, 11) is 0. The van der Waals surface area contributed by atoms with E-state index in [-0.39, 0.29) is 5.91 Å². The first-order valence-corrected chi connectivity index (χ1v) is 6.37. The number of imidazole rings is 1. The average molecular weight is 257 g/mol. The molecule has 0 radical (unpaired) electrons. The Kier molecular flexibility index (Phi) is 2.41. The number of nitrogens with zero attached hydrogens (tertiary/aromatic N) is 2. The molecular weight excluding hydrogens is 246 g/mol. The maximum absolute atomic E-state index is 12.4. The van der Waals surface area contributed by atoms with E-state index >= 15 is 0 Å². The van der Waals surface area contributed by atoms with Gasteiger partial charge in [0.1, 0.15) is 11.8 Å². The Morgan fingerprint density at radius 1 is 1.39 bits per heavy atom. The topological polar surface area (TPSA) is 60.9 Å². The quantitative estimate of drug-likeness (QED) is 0.682. The van der Waals surface area contributed by atoms with Gasteiger partial charge in [-0.05, 0) is 36.1 Å². The highest BCUT2D eigenvalue weighted by Gasteiger charge is 2.16. The zero-order chi connectivity index (χ0) is 12.7. The molecule has 3 rings (SSSR count). The van der Waals surface area contributed by atoms with Crippen LogP contribution in [0, 0.1) is 6.92 Å². The number of aryl methyl sites for hydroxylation is 1. The smallest absolute Gasteiger partial charge is 0.273 e. The highest BCUT2D eigenvalue weighted by Crippen LogP contribution is 2.22. The number of rotatable bonds is 1. The first-order valence-electron chi connectivity index (χ1n) is 5.49. The minimum atomic E-state index is -0.0596. The number of hydrogen-bond donors (Lipinski definition) is 1. The first-order chi connectivity index (χ1) is 8.68. The van der Waals surface area contributed by atoms with Crippen molar-refractivity contribution < 1.29 is 4.79 Å². The van der Waals surface area contributed by atoms with Crippen molar-refractivity contribution in [2.45, 2.75) is 6.92 Å². The van der Waals surface area contributed by atoms with Gasteiger partial charge in [-0.1, -0.05) is 6.07 Å². The number of para-hydroxylation sites is 1. The summed E-state index contributed by atoms with van der Waals surface area (Å²) in [6.07, 6.45) is 1.53. The normalized spacial score (nSPS) is 10.9. The van der Waals surface area contributed by atoms with Gasteiger partial charge in [-0.2, -0.15) is 0 Å². The van der Waals surface area contributed by atoms with Crippen LogP contribution in [0.3, 0.4) is 0 Å². The van der Waals surface area contributed by atoms with Gasteiger partial charge in [-0.3, -0.25) is 9.36 Å². The van der Waals surface area contributed by atoms with Crippen molar-refractivity contribution in [1.82, 2.24) is 9.55 Å². The van der Waals surface area contributed by atoms with Gasteiger partial charge in [-0.25, -0.2) is 4.98 Å². The highest BCUT2D eigenvalue weighted by molar-refractivity contribution is 7.12. The van der Waals surface area contributed by atoms with E-state index in [4.69, 9.17) is 5.73 Å². The number of hydrogen-bond acceptors (Lipinski definition) is 4. The van der Waals surface area contributed by atoms with Crippen LogP contribution >= 0.6 is 11.3 Å². The lowest BCUT2D eigenvalue weighted by Crippen LogP contribution is -2.10. The molecule has 3 aromatic rings. The number of thiophene rings is 1. The molecule has 0 spiro atoms. The van der Waals surface area contributed by atoms with E-state index < -0.39 is 0 Å². The molecule has 2 heterocycles. The van der Waals surface area contributed by atoms with E-state index in [1.807, 2.05) is 30.5 Å². The molecule has 5 heteroatoms. The maximum atomic E-state index is 12.4. The van der Waals surface area contributed by atoms with Crippen LogP contribution in [0.2, 0.25) is 0 Å². The molecule has 4 nitrogen and oxygen atoms in total. The van der Waals surface area contributed by atoms with E-state index in [1.165, 1.54) is 17.7 Å². The van der Waals surface area contributed by atoms with Crippen molar-refractivity contribution in [2.24, 2.45) is 0 Å². The number of aromatic nitrogens is 2. The molecule has 0 aliphatic carbocycles. The Morgan fingerprint density at radius 3 is 2.94 bits per heavy atom. The van der Waals surface area contributed by atoms with Gasteiger partial charge in [0.2, 0.25) is 0 Å². The van der Waals surface area contributed by atoms with Crippen LogP contribution in [0.15, 0.2) is 36.0 Å². The van der Waals surface area contributed by atoms with Gasteiger partial charge < -0.3 is 5.73 Å². The number of fused-ring (bicyclic) bond motifs is 1. The van der Waals surface area contributed by atoms with Crippen LogP contribution in [0.4, 0.5) is 5.69 Å². The number of anilines is 1. The molecule has 0 aliphatic rings. The fourth-order valence-corrected chi connectivity index (χ4v) is 2.79. The molecule has 0 amide bonds. The van der Waals surface area contributed by atoms with Crippen molar-refractivity contribution in [1.29, 1.82) is 0 Å². The second kappa shape index (κ2) is 3.96. The Morgan fingerprint density at radius 2 is 2.22 bits per heavy atom. The number of benzene rings is 1. The summed E-state index contributed by atoms with van der Waals surface area (Å²) in [5.74, 6) is -0.0596. The van der Waals surface area contributed by atoms with E-state index in [9.17, 15) is 4.79 Å². The molecule has 2 N–H and O–H groups in total. The van der Waals surface area contributed by atoms with Crippen LogP contribution in [0.1, 0.15) is 15.2 Å². The van der Waals surface area contributed by atoms with Gasteiger partial charge in [0.25, 0.3) is 5.91 Å². The minimum Gasteiger partial charge on any atom is -0.397 e. The lowest BCUT2D eigenvalue weighted by Gasteiger charge is -2.02. The van der Waals surface area contributed by atoms with Crippen LogP contribution in [-0.4, -0.2) is 15.5 Å². The number of nitrogens with two attached hydrogens (primary N) is 1. The third-order valence-corrected chi connectivity index (χ3v) is 3.89. The predicted molar refractivity (Wildman–Crippen MR) is 72.9 cm³/mol. The second-order valence-corrected chi connectivity index (χ2v) is 4.98. The molecule has 2 aromatic heterocycles. The summed E-state index contributed by atoms with van der Waals surface area (Å²) in [4.78, 5) is 17.3. The van der Waals surface area contributed by atoms with Crippen molar-refractivity contribution >= 4 is 34.0 Å². The van der Waals surface area contributed by atoms with Gasteiger partial charge in [0, 0.05) is 0 Å². The van der Waals surface area contributed by atoms with E-state index in [2.05, 4.69) is 4.98 Å². The summed E-state index contributed by atoms with van der Waals surface area (Å²) in [5.41, 5.74) is 8.81. The molecule has 18 heavy (non-hydrogen) atoms. The van der Waals surface area contributed by atoms with Crippen molar-refractivity contribution in [3.8, 4) is 0 Å². The number of carbonyl (C=O) groups excluding carboxylic acids is 1. The van der Waals surface area contributed by atoms with Gasteiger partial charge in [0.15, 0.2) is 0 Å². The summed E-state index contributed by atoms with van der Waals surface area (Å²) in [6, 6.07) is 7.38. The third kappa shape index (κ3) is 1.52. The lowest BCUT2D eigenvalue weighted by atomic mass is 10.2. The zero-order valence-electron chi connectivity index (χ0n) is 9.75. The standard InChI is InChI=1S/C13H11N3OS/c1-8-5-6-18-12(8)13(17)16-7-15-11-9(14)3-2-4-10(11)16/h2-7H,14H2,1H3. The minimum absolute atomic E-state index is 0.0596. The maximum Gasteiger partial charge on any atom is 0.273 e. The summed E-state index contributed by atoms with van der Waals surface area (Å²) in [5, 5.41) is 1.91. The zero-order valence-corrected chi connectivity index (χ0v) is 10.6. The molecule has 1 aromatic carbocycles. The highest BCUT2D eigenvalue weighted by atomic mass is 32.1. The summed E-state index contributed by atoms with van der Waals surface area (Å²) in [6.45, 7) is 1.93. The fraction of sp³-hybridized carbons (Fsp3) is 0.0769. The van der Waals surface area contributed by atoms with Gasteiger partial charge >= 0.3 is 0 Å². The average Bonchev–Trinajstić information content (AvgIpc) is 2.95. The third-order valence-electron chi connectivity index (χ3n) is 2.88. The molecule has 0 aliphatic heterocycles. The fourth-order valence-electron chi connectivity index (χ4n) is 1.92. The molecule has 0 atom stereocenters. The molecule has 0 saturated carbocycles. The first kappa shape index (κ1) is 11.0. The SMILES string of the molecule is Cc1ccsc1C(=O)n1cnc2c(N)cccc21. The number of nitrogen functional groups attached to an aromatic ring is 1. The van der Waals surface area contributed by atoms with Crippen molar-refractivity contribution in [3.63, 3.8) is 0 Å². The van der Waals surface area contributed by atoms with Crippen LogP contribution in [-0.2, 0) is 0 Å². The van der Waals surface area contributed by atoms with E-state index in [0.29, 0.717) is 11.2 Å². The molecule has 90 valence electrons. The van der Waals surface area contributed by atoms with Crippen molar-refractivity contribution in [2.75, 3.05) is 5.73 Å². The van der Waals surface area contributed by atoms with E-state index in [0.717, 1.165) is 16.0 Å². The van der Waals surface area contributed by atoms with Crippen LogP contribution in [0.5, 0.6) is 0 Å². The molecule has 0 saturated heterocycles.